The minimum Gasteiger partial charge on any atom is -0.391 e. The molecule has 0 unspecified atom stereocenters. The predicted molar refractivity (Wildman–Crippen MR) is 292 cm³/mol. The Morgan fingerprint density at radius 2 is 1.00 bits per heavy atom. The first-order chi connectivity index (χ1) is 37.4. The summed E-state index contributed by atoms with van der Waals surface area (Å²) in [4.78, 5) is 152. The van der Waals surface area contributed by atoms with Gasteiger partial charge < -0.3 is 97.4 Å². The maximum Gasteiger partial charge on any atom is 0.245 e. The molecule has 1 aliphatic heterocycles. The fourth-order valence-electron chi connectivity index (χ4n) is 8.35. The summed E-state index contributed by atoms with van der Waals surface area (Å²) >= 11 is 0. The van der Waals surface area contributed by atoms with E-state index in [1.165, 1.54) is 13.8 Å². The van der Waals surface area contributed by atoms with Crippen LogP contribution in [0.3, 0.4) is 0 Å². The Morgan fingerprint density at radius 1 is 0.532 bits per heavy atom. The maximum absolute atomic E-state index is 14.4. The van der Waals surface area contributed by atoms with Crippen LogP contribution in [-0.4, -0.2) is 187 Å². The van der Waals surface area contributed by atoms with Crippen LogP contribution in [0.4, 0.5) is 0 Å². The van der Waals surface area contributed by atoms with E-state index in [2.05, 4.69) is 58.5 Å². The van der Waals surface area contributed by atoms with E-state index < -0.39 is 151 Å². The Hall–Kier alpha value is -6.11. The lowest BCUT2D eigenvalue weighted by Crippen LogP contribution is -2.62. The van der Waals surface area contributed by atoms with Crippen molar-refractivity contribution < 1.29 is 63.0 Å². The van der Waals surface area contributed by atoms with Crippen LogP contribution in [0.25, 0.3) is 0 Å². The Bertz CT molecular complexity index is 1980. The van der Waals surface area contributed by atoms with Gasteiger partial charge in [0.2, 0.25) is 65.0 Å². The molecule has 12 atom stereocenters. The molecule has 0 aliphatic carbocycles. The van der Waals surface area contributed by atoms with E-state index in [0.717, 1.165) is 19.3 Å². The van der Waals surface area contributed by atoms with Crippen LogP contribution in [0.15, 0.2) is 0 Å². The Labute approximate surface area is 463 Å². The van der Waals surface area contributed by atoms with E-state index in [1.54, 1.807) is 20.8 Å². The SMILES string of the molecule is CCCCCCC(=O)N[C@@H](CCN)C(=O)N[C@H](C(=O)N[C@@H](CCN)C(=O)N[C@H]1CCNC(=O)[C@H]([C@@H](C)O)NC(=O)[C@H](CCN)NC(=O)[C@H](CCN)NC(=O)[C@H](CCC)NC(=O)[C@@H](CC(C)C)NC(=O)[C@H](CCN)NC1=O)[C@@H](C)O. The number of nitrogens with one attached hydrogen (secondary N) is 11. The molecule has 0 aromatic heterocycles. The lowest BCUT2D eigenvalue weighted by atomic mass is 10.0. The first kappa shape index (κ1) is 70.9. The zero-order chi connectivity index (χ0) is 59.8. The van der Waals surface area contributed by atoms with Crippen LogP contribution < -0.4 is 87.2 Å². The maximum atomic E-state index is 14.4. The fraction of sp³-hybridized carbons (Fsp3) is 0.780. The Balaban J connectivity index is 3.82. The number of carbonyl (C=O) groups is 11. The number of unbranched alkanes of at least 4 members (excludes halogenated alkanes) is 3. The topological polar surface area (TPSA) is 491 Å². The van der Waals surface area contributed by atoms with Crippen molar-refractivity contribution in [2.75, 3.05) is 39.3 Å². The number of hydrogen-bond donors (Lipinski definition) is 18. The normalized spacial score (nSPS) is 23.4. The van der Waals surface area contributed by atoms with Gasteiger partial charge in [0, 0.05) is 13.0 Å². The highest BCUT2D eigenvalue weighted by Crippen LogP contribution is 2.11. The number of nitrogens with two attached hydrogens (primary N) is 5. The van der Waals surface area contributed by atoms with Crippen molar-refractivity contribution in [3.05, 3.63) is 0 Å². The third kappa shape index (κ3) is 26.1. The average molecular weight is 1130 g/mol. The van der Waals surface area contributed by atoms with Gasteiger partial charge in [0.25, 0.3) is 0 Å². The summed E-state index contributed by atoms with van der Waals surface area (Å²) in [5.41, 5.74) is 29.1. The molecule has 11 amide bonds. The molecule has 0 aromatic rings. The highest BCUT2D eigenvalue weighted by atomic mass is 16.3. The first-order valence-electron chi connectivity index (χ1n) is 27.6. The second kappa shape index (κ2) is 38.5. The number of rotatable bonds is 28. The van der Waals surface area contributed by atoms with Gasteiger partial charge in [0.1, 0.15) is 60.4 Å². The lowest BCUT2D eigenvalue weighted by molar-refractivity contribution is -0.137. The standard InChI is InChI=1S/C50H94N16O13/c1-7-9-10-11-13-38(69)57-31(14-20-51)46(75)66-40(29(6)68)50(79)63-34(17-23-54)43(72)62-36-19-25-56-49(78)39(28(5)67)65-47(76)35(18-24-55)61-42(71)32(15-21-52)59-41(70)30(12-8-2)58-48(77)37(26-27(3)4)64-44(73)33(16-22-53)60-45(36)74/h27-37,39-40,67-68H,7-26,51-55H2,1-6H3,(H,56,78)(H,57,69)(H,58,77)(H,59,70)(H,60,74)(H,61,71)(H,62,72)(H,63,79)(H,64,73)(H,65,76)(H,66,75)/t28-,29-,30+,31+,32+,33+,34+,35+,36+,37-,39+,40+/m1/s1. The largest absolute Gasteiger partial charge is 0.391 e. The van der Waals surface area contributed by atoms with E-state index in [4.69, 9.17) is 28.7 Å². The molecule has 0 radical (unpaired) electrons. The van der Waals surface area contributed by atoms with Crippen LogP contribution in [0.1, 0.15) is 131 Å². The van der Waals surface area contributed by atoms with Gasteiger partial charge in [0.05, 0.1) is 12.2 Å². The van der Waals surface area contributed by atoms with Gasteiger partial charge in [-0.15, -0.1) is 0 Å². The molecule has 0 bridgehead atoms. The third-order valence-electron chi connectivity index (χ3n) is 12.8. The minimum absolute atomic E-state index is 0.0104. The van der Waals surface area contributed by atoms with E-state index in [1.807, 2.05) is 6.92 Å². The molecule has 452 valence electrons. The van der Waals surface area contributed by atoms with E-state index in [0.29, 0.717) is 12.8 Å². The van der Waals surface area contributed by atoms with Crippen molar-refractivity contribution >= 4 is 65.0 Å². The Morgan fingerprint density at radius 3 is 1.46 bits per heavy atom. The van der Waals surface area contributed by atoms with Crippen molar-refractivity contribution in [1.82, 2.24) is 58.5 Å². The molecule has 1 rings (SSSR count). The lowest BCUT2D eigenvalue weighted by Gasteiger charge is -2.29. The molecule has 1 heterocycles. The molecule has 0 spiro atoms. The zero-order valence-corrected chi connectivity index (χ0v) is 46.9. The van der Waals surface area contributed by atoms with Gasteiger partial charge >= 0.3 is 0 Å². The molecular weight excluding hydrogens is 1030 g/mol. The molecule has 1 aliphatic rings. The summed E-state index contributed by atoms with van der Waals surface area (Å²) in [7, 11) is 0. The molecular formula is C50H94N16O13. The van der Waals surface area contributed by atoms with E-state index in [9.17, 15) is 63.0 Å². The van der Waals surface area contributed by atoms with Crippen molar-refractivity contribution in [2.24, 2.45) is 34.6 Å². The van der Waals surface area contributed by atoms with Crippen molar-refractivity contribution in [3.8, 4) is 0 Å². The monoisotopic (exact) mass is 1130 g/mol. The fourth-order valence-corrected chi connectivity index (χ4v) is 8.35. The first-order valence-corrected chi connectivity index (χ1v) is 27.6. The van der Waals surface area contributed by atoms with Gasteiger partial charge in [0.15, 0.2) is 0 Å². The highest BCUT2D eigenvalue weighted by molar-refractivity contribution is 5.99. The number of hydrogen-bond acceptors (Lipinski definition) is 18. The Kier molecular flexibility index (Phi) is 34.5. The molecule has 0 saturated carbocycles. The molecule has 1 fully saturated rings. The number of aliphatic hydroxyl groups is 2. The van der Waals surface area contributed by atoms with Gasteiger partial charge in [-0.2, -0.15) is 0 Å². The van der Waals surface area contributed by atoms with Crippen molar-refractivity contribution in [1.29, 1.82) is 0 Å². The van der Waals surface area contributed by atoms with Gasteiger partial charge in [-0.25, -0.2) is 0 Å². The second-order valence-corrected chi connectivity index (χ2v) is 20.2. The highest BCUT2D eigenvalue weighted by Gasteiger charge is 2.37. The van der Waals surface area contributed by atoms with Crippen LogP contribution >= 0.6 is 0 Å². The van der Waals surface area contributed by atoms with Crippen LogP contribution in [0.5, 0.6) is 0 Å². The van der Waals surface area contributed by atoms with Crippen molar-refractivity contribution in [3.63, 3.8) is 0 Å². The van der Waals surface area contributed by atoms with Gasteiger partial charge in [-0.3, -0.25) is 52.7 Å². The molecule has 23 N–H and O–H groups in total. The summed E-state index contributed by atoms with van der Waals surface area (Å²) in [6.07, 6.45) is -0.391. The molecule has 1 saturated heterocycles. The minimum atomic E-state index is -1.69. The zero-order valence-electron chi connectivity index (χ0n) is 46.9. The van der Waals surface area contributed by atoms with Gasteiger partial charge in [-0.05, 0) is 110 Å². The van der Waals surface area contributed by atoms with Crippen molar-refractivity contribution in [2.45, 2.75) is 204 Å². The summed E-state index contributed by atoms with van der Waals surface area (Å²) in [6.45, 7) is 8.63. The van der Waals surface area contributed by atoms with Crippen LogP contribution in [0.2, 0.25) is 0 Å². The second-order valence-electron chi connectivity index (χ2n) is 20.2. The number of aliphatic hydroxyl groups excluding tert-OH is 2. The molecule has 29 nitrogen and oxygen atoms in total. The summed E-state index contributed by atoms with van der Waals surface area (Å²) in [5, 5.41) is 49.3. The summed E-state index contributed by atoms with van der Waals surface area (Å²) < 4.78 is 0. The number of amides is 11. The quantitative estimate of drug-likeness (QED) is 0.0324. The van der Waals surface area contributed by atoms with E-state index in [-0.39, 0.29) is 90.0 Å². The van der Waals surface area contributed by atoms with Crippen LogP contribution in [0, 0.1) is 5.92 Å². The predicted octanol–water partition coefficient (Wildman–Crippen LogP) is -6.32. The molecule has 0 aromatic carbocycles. The molecule has 79 heavy (non-hydrogen) atoms. The number of carbonyl (C=O) groups excluding carboxylic acids is 11. The summed E-state index contributed by atoms with van der Waals surface area (Å²) in [5.74, 6) is -9.78. The average Bonchev–Trinajstić information content (AvgIpc) is 3.38. The van der Waals surface area contributed by atoms with Crippen LogP contribution in [-0.2, 0) is 52.7 Å². The van der Waals surface area contributed by atoms with Gasteiger partial charge in [-0.1, -0.05) is 53.4 Å². The third-order valence-corrected chi connectivity index (χ3v) is 12.8. The molecule has 29 heteroatoms. The van der Waals surface area contributed by atoms with E-state index >= 15 is 0 Å². The smallest absolute Gasteiger partial charge is 0.245 e. The summed E-state index contributed by atoms with van der Waals surface area (Å²) in [6, 6.07) is -14.4.